The van der Waals surface area contributed by atoms with Gasteiger partial charge in [-0.2, -0.15) is 0 Å². The zero-order valence-corrected chi connectivity index (χ0v) is 13.3. The van der Waals surface area contributed by atoms with Gasteiger partial charge in [0.05, 0.1) is 6.61 Å². The maximum absolute atomic E-state index is 12.5. The van der Waals surface area contributed by atoms with Crippen LogP contribution in [0.25, 0.3) is 0 Å². The molecule has 1 aromatic carbocycles. The highest BCUT2D eigenvalue weighted by atomic mass is 35.5. The van der Waals surface area contributed by atoms with Crippen molar-refractivity contribution in [1.82, 2.24) is 5.32 Å². The van der Waals surface area contributed by atoms with Gasteiger partial charge in [0.1, 0.15) is 11.4 Å². The van der Waals surface area contributed by atoms with Crippen LogP contribution in [0.1, 0.15) is 19.8 Å². The predicted octanol–water partition coefficient (Wildman–Crippen LogP) is 2.21. The molecule has 1 amide bonds. The third kappa shape index (κ3) is 4.33. The Balaban J connectivity index is 0.00000220. The van der Waals surface area contributed by atoms with E-state index in [-0.39, 0.29) is 18.3 Å². The Hall–Kier alpha value is -1.30. The topological polar surface area (TPSA) is 59.6 Å². The summed E-state index contributed by atoms with van der Waals surface area (Å²) < 4.78 is 10.9. The summed E-state index contributed by atoms with van der Waals surface area (Å²) in [5, 5.41) is 6.17. The number of ether oxygens (including phenoxy) is 2. The first-order chi connectivity index (χ1) is 9.70. The largest absolute Gasteiger partial charge is 0.494 e. The molecule has 1 saturated heterocycles. The Kier molecular flexibility index (Phi) is 6.95. The highest BCUT2D eigenvalue weighted by Gasteiger charge is 2.39. The van der Waals surface area contributed by atoms with Gasteiger partial charge in [0, 0.05) is 18.9 Å². The minimum absolute atomic E-state index is 0. The molecular formula is C15H23ClN2O3. The highest BCUT2D eigenvalue weighted by Crippen LogP contribution is 2.25. The van der Waals surface area contributed by atoms with E-state index >= 15 is 0 Å². The van der Waals surface area contributed by atoms with Crippen molar-refractivity contribution in [3.63, 3.8) is 0 Å². The van der Waals surface area contributed by atoms with Gasteiger partial charge in [-0.05, 0) is 45.0 Å². The smallest absolute Gasteiger partial charge is 0.256 e. The molecule has 1 aromatic rings. The third-order valence-electron chi connectivity index (χ3n) is 3.62. The number of amides is 1. The molecule has 2 N–H and O–H groups in total. The van der Waals surface area contributed by atoms with Gasteiger partial charge in [0.25, 0.3) is 5.91 Å². The van der Waals surface area contributed by atoms with E-state index in [4.69, 9.17) is 9.47 Å². The Labute approximate surface area is 131 Å². The molecule has 5 nitrogen and oxygen atoms in total. The summed E-state index contributed by atoms with van der Waals surface area (Å²) >= 11 is 0. The van der Waals surface area contributed by atoms with Crippen molar-refractivity contribution in [2.75, 3.05) is 32.1 Å². The Morgan fingerprint density at radius 3 is 2.71 bits per heavy atom. The summed E-state index contributed by atoms with van der Waals surface area (Å²) in [7, 11) is 1.60. The van der Waals surface area contributed by atoms with E-state index in [2.05, 4.69) is 10.6 Å². The molecule has 2 rings (SSSR count). The average Bonchev–Trinajstić information content (AvgIpc) is 2.48. The van der Waals surface area contributed by atoms with Crippen LogP contribution in [0.5, 0.6) is 5.75 Å². The number of piperidine rings is 1. The van der Waals surface area contributed by atoms with Gasteiger partial charge >= 0.3 is 0 Å². The van der Waals surface area contributed by atoms with Crippen LogP contribution in [0, 0.1) is 0 Å². The fourth-order valence-electron chi connectivity index (χ4n) is 2.43. The number of methoxy groups -OCH3 is 1. The van der Waals surface area contributed by atoms with Gasteiger partial charge in [-0.3, -0.25) is 4.79 Å². The first-order valence-electron chi connectivity index (χ1n) is 7.00. The molecule has 0 saturated carbocycles. The van der Waals surface area contributed by atoms with Crippen molar-refractivity contribution in [3.05, 3.63) is 24.3 Å². The Bertz CT molecular complexity index is 462. The summed E-state index contributed by atoms with van der Waals surface area (Å²) in [5.41, 5.74) is 0.00302. The lowest BCUT2D eigenvalue weighted by Crippen LogP contribution is -2.51. The second-order valence-corrected chi connectivity index (χ2v) is 4.86. The number of benzene rings is 1. The first-order valence-corrected chi connectivity index (χ1v) is 7.00. The second kappa shape index (κ2) is 8.22. The zero-order chi connectivity index (χ0) is 14.4. The van der Waals surface area contributed by atoms with Crippen molar-refractivity contribution in [2.45, 2.75) is 25.4 Å². The maximum Gasteiger partial charge on any atom is 0.256 e. The van der Waals surface area contributed by atoms with Gasteiger partial charge in [-0.25, -0.2) is 0 Å². The number of rotatable bonds is 5. The van der Waals surface area contributed by atoms with Crippen LogP contribution < -0.4 is 15.4 Å². The summed E-state index contributed by atoms with van der Waals surface area (Å²) in [6.07, 6.45) is 1.36. The van der Waals surface area contributed by atoms with E-state index in [0.717, 1.165) is 24.5 Å². The van der Waals surface area contributed by atoms with Gasteiger partial charge in [0.2, 0.25) is 0 Å². The lowest BCUT2D eigenvalue weighted by Gasteiger charge is -2.34. The maximum atomic E-state index is 12.5. The molecule has 0 spiro atoms. The first kappa shape index (κ1) is 17.8. The van der Waals surface area contributed by atoms with Crippen LogP contribution in [0.4, 0.5) is 5.69 Å². The Morgan fingerprint density at radius 2 is 2.10 bits per heavy atom. The molecule has 1 heterocycles. The number of halogens is 1. The minimum Gasteiger partial charge on any atom is -0.494 e. The molecule has 1 aliphatic rings. The number of carbonyl (C=O) groups is 1. The number of carbonyl (C=O) groups excluding carboxylic acids is 1. The van der Waals surface area contributed by atoms with Gasteiger partial charge in [-0.1, -0.05) is 6.07 Å². The van der Waals surface area contributed by atoms with Crippen molar-refractivity contribution in [2.24, 2.45) is 0 Å². The Morgan fingerprint density at radius 1 is 1.38 bits per heavy atom. The number of hydrogen-bond acceptors (Lipinski definition) is 4. The molecule has 0 aromatic heterocycles. The highest BCUT2D eigenvalue weighted by molar-refractivity contribution is 5.97. The molecule has 6 heteroatoms. The summed E-state index contributed by atoms with van der Waals surface area (Å²) in [5.74, 6) is 0.664. The number of hydrogen-bond donors (Lipinski definition) is 2. The summed E-state index contributed by atoms with van der Waals surface area (Å²) in [6.45, 7) is 4.12. The lowest BCUT2D eigenvalue weighted by molar-refractivity contribution is -0.140. The van der Waals surface area contributed by atoms with E-state index in [1.165, 1.54) is 0 Å². The molecule has 21 heavy (non-hydrogen) atoms. The molecule has 0 unspecified atom stereocenters. The molecule has 0 bridgehead atoms. The van der Waals surface area contributed by atoms with Crippen LogP contribution in [-0.4, -0.2) is 38.3 Å². The SMILES string of the molecule is CCOc1cccc(NC(=O)C2(OC)CCNCC2)c1.Cl. The lowest BCUT2D eigenvalue weighted by atomic mass is 9.91. The van der Waals surface area contributed by atoms with Crippen molar-refractivity contribution in [1.29, 1.82) is 0 Å². The molecule has 0 aliphatic carbocycles. The van der Waals surface area contributed by atoms with Crippen LogP contribution >= 0.6 is 12.4 Å². The minimum atomic E-state index is -0.729. The molecular weight excluding hydrogens is 292 g/mol. The second-order valence-electron chi connectivity index (χ2n) is 4.86. The van der Waals surface area contributed by atoms with Crippen LogP contribution in [0.2, 0.25) is 0 Å². The third-order valence-corrected chi connectivity index (χ3v) is 3.62. The fraction of sp³-hybridized carbons (Fsp3) is 0.533. The van der Waals surface area contributed by atoms with Crippen LogP contribution in [-0.2, 0) is 9.53 Å². The van der Waals surface area contributed by atoms with Crippen LogP contribution in [0.15, 0.2) is 24.3 Å². The van der Waals surface area contributed by atoms with Gasteiger partial charge in [-0.15, -0.1) is 12.4 Å². The van der Waals surface area contributed by atoms with Crippen LogP contribution in [0.3, 0.4) is 0 Å². The zero-order valence-electron chi connectivity index (χ0n) is 12.5. The van der Waals surface area contributed by atoms with Gasteiger partial charge in [0.15, 0.2) is 0 Å². The standard InChI is InChI=1S/C15H22N2O3.ClH/c1-3-20-13-6-4-5-12(11-13)17-14(18)15(19-2)7-9-16-10-8-15;/h4-6,11,16H,3,7-10H2,1-2H3,(H,17,18);1H. The summed E-state index contributed by atoms with van der Waals surface area (Å²) in [6, 6.07) is 7.41. The quantitative estimate of drug-likeness (QED) is 0.875. The fourth-order valence-corrected chi connectivity index (χ4v) is 2.43. The van der Waals surface area contributed by atoms with Crippen molar-refractivity contribution in [3.8, 4) is 5.75 Å². The average molecular weight is 315 g/mol. The van der Waals surface area contributed by atoms with E-state index in [0.29, 0.717) is 19.4 Å². The predicted molar refractivity (Wildman–Crippen MR) is 85.3 cm³/mol. The van der Waals surface area contributed by atoms with Gasteiger partial charge < -0.3 is 20.1 Å². The number of anilines is 1. The molecule has 0 radical (unpaired) electrons. The monoisotopic (exact) mass is 314 g/mol. The van der Waals surface area contributed by atoms with E-state index < -0.39 is 5.60 Å². The normalized spacial score (nSPS) is 16.7. The summed E-state index contributed by atoms with van der Waals surface area (Å²) in [4.78, 5) is 12.5. The van der Waals surface area contributed by atoms with E-state index in [9.17, 15) is 4.79 Å². The molecule has 0 atom stereocenters. The number of nitrogens with one attached hydrogen (secondary N) is 2. The molecule has 118 valence electrons. The molecule has 1 fully saturated rings. The van der Waals surface area contributed by atoms with E-state index in [1.807, 2.05) is 31.2 Å². The van der Waals surface area contributed by atoms with Crippen molar-refractivity contribution < 1.29 is 14.3 Å². The van der Waals surface area contributed by atoms with E-state index in [1.54, 1.807) is 7.11 Å². The molecule has 1 aliphatic heterocycles. The van der Waals surface area contributed by atoms with Crippen molar-refractivity contribution >= 4 is 24.0 Å².